The number of benzene rings is 1. The molecule has 1 aliphatic rings. The van der Waals surface area contributed by atoms with Gasteiger partial charge in [0.1, 0.15) is 0 Å². The fourth-order valence-electron chi connectivity index (χ4n) is 3.48. The molecule has 0 unspecified atom stereocenters. The standard InChI is InChI=1S/C21H23N5O3S/c27-18(12-16-4-2-1-3-5-16)22-14-20(29)25-8-6-24(7-9-25)15-17-13-19(28)26-10-11-30-21(26)23-17/h1-5,10-11,13H,6-9,12,14-15H2,(H,22,27). The van der Waals surface area contributed by atoms with Gasteiger partial charge in [-0.05, 0) is 5.56 Å². The fraction of sp³-hybridized carbons (Fsp3) is 0.333. The Morgan fingerprint density at radius 1 is 1.10 bits per heavy atom. The number of fused-ring (bicyclic) bond motifs is 1. The molecule has 1 aliphatic heterocycles. The lowest BCUT2D eigenvalue weighted by Crippen LogP contribution is -2.51. The Hall–Kier alpha value is -3.04. The van der Waals surface area contributed by atoms with Crippen molar-refractivity contribution in [2.24, 2.45) is 0 Å². The quantitative estimate of drug-likeness (QED) is 0.630. The number of hydrogen-bond acceptors (Lipinski definition) is 6. The zero-order valence-electron chi connectivity index (χ0n) is 16.5. The lowest BCUT2D eigenvalue weighted by Gasteiger charge is -2.34. The molecule has 3 aromatic rings. The van der Waals surface area contributed by atoms with E-state index < -0.39 is 0 Å². The van der Waals surface area contributed by atoms with Gasteiger partial charge in [0.05, 0.1) is 18.7 Å². The zero-order valence-corrected chi connectivity index (χ0v) is 17.3. The summed E-state index contributed by atoms with van der Waals surface area (Å²) in [6.07, 6.45) is 1.99. The van der Waals surface area contributed by atoms with E-state index >= 15 is 0 Å². The molecule has 1 N–H and O–H groups in total. The zero-order chi connectivity index (χ0) is 20.9. The number of carbonyl (C=O) groups is 2. The van der Waals surface area contributed by atoms with Gasteiger partial charge in [-0.1, -0.05) is 30.3 Å². The van der Waals surface area contributed by atoms with E-state index in [0.717, 1.165) is 11.3 Å². The summed E-state index contributed by atoms with van der Waals surface area (Å²) in [5.41, 5.74) is 1.59. The molecule has 1 saturated heterocycles. The number of thiazole rings is 1. The first-order valence-corrected chi connectivity index (χ1v) is 10.7. The van der Waals surface area contributed by atoms with Crippen LogP contribution in [0.25, 0.3) is 4.96 Å². The van der Waals surface area contributed by atoms with Crippen molar-refractivity contribution in [1.82, 2.24) is 24.5 Å². The lowest BCUT2D eigenvalue weighted by atomic mass is 10.1. The molecule has 9 heteroatoms. The van der Waals surface area contributed by atoms with E-state index in [9.17, 15) is 14.4 Å². The normalized spacial score (nSPS) is 14.7. The predicted molar refractivity (Wildman–Crippen MR) is 114 cm³/mol. The molecule has 4 rings (SSSR count). The van der Waals surface area contributed by atoms with Crippen LogP contribution in [0.1, 0.15) is 11.3 Å². The number of hydrogen-bond donors (Lipinski definition) is 1. The molecule has 0 atom stereocenters. The number of aromatic nitrogens is 2. The van der Waals surface area contributed by atoms with E-state index in [2.05, 4.69) is 15.2 Å². The first kappa shape index (κ1) is 20.2. The van der Waals surface area contributed by atoms with Gasteiger partial charge in [-0.15, -0.1) is 11.3 Å². The summed E-state index contributed by atoms with van der Waals surface area (Å²) in [7, 11) is 0. The van der Waals surface area contributed by atoms with Crippen LogP contribution in [0.3, 0.4) is 0 Å². The average molecular weight is 426 g/mol. The third-order valence-corrected chi connectivity index (χ3v) is 5.87. The highest BCUT2D eigenvalue weighted by Crippen LogP contribution is 2.10. The van der Waals surface area contributed by atoms with Gasteiger partial charge in [0.2, 0.25) is 11.8 Å². The Morgan fingerprint density at radius 3 is 2.63 bits per heavy atom. The lowest BCUT2D eigenvalue weighted by molar-refractivity contribution is -0.134. The number of carbonyl (C=O) groups excluding carboxylic acids is 2. The van der Waals surface area contributed by atoms with Crippen molar-refractivity contribution in [3.63, 3.8) is 0 Å². The van der Waals surface area contributed by atoms with E-state index in [1.54, 1.807) is 17.2 Å². The van der Waals surface area contributed by atoms with E-state index in [1.807, 2.05) is 35.7 Å². The SMILES string of the molecule is O=C(Cc1ccccc1)NCC(=O)N1CCN(Cc2cc(=O)n3ccsc3n2)CC1. The van der Waals surface area contributed by atoms with Gasteiger partial charge in [0.15, 0.2) is 4.96 Å². The van der Waals surface area contributed by atoms with Crippen molar-refractivity contribution >= 4 is 28.1 Å². The van der Waals surface area contributed by atoms with Crippen LogP contribution in [-0.4, -0.2) is 63.7 Å². The number of nitrogens with zero attached hydrogens (tertiary/aromatic N) is 4. The summed E-state index contributed by atoms with van der Waals surface area (Å²) in [6, 6.07) is 11.0. The number of nitrogens with one attached hydrogen (secondary N) is 1. The molecule has 30 heavy (non-hydrogen) atoms. The van der Waals surface area contributed by atoms with Crippen LogP contribution >= 0.6 is 11.3 Å². The van der Waals surface area contributed by atoms with Gasteiger partial charge in [-0.25, -0.2) is 4.98 Å². The highest BCUT2D eigenvalue weighted by Gasteiger charge is 2.22. The second-order valence-corrected chi connectivity index (χ2v) is 8.11. The van der Waals surface area contributed by atoms with E-state index in [4.69, 9.17) is 0 Å². The van der Waals surface area contributed by atoms with Gasteiger partial charge in [0.25, 0.3) is 5.56 Å². The van der Waals surface area contributed by atoms with Crippen molar-refractivity contribution in [3.05, 3.63) is 69.6 Å². The smallest absolute Gasteiger partial charge is 0.258 e. The van der Waals surface area contributed by atoms with Crippen LogP contribution in [0.5, 0.6) is 0 Å². The molecule has 0 aliphatic carbocycles. The van der Waals surface area contributed by atoms with Gasteiger partial charge >= 0.3 is 0 Å². The summed E-state index contributed by atoms with van der Waals surface area (Å²) in [6.45, 7) is 3.18. The van der Waals surface area contributed by atoms with E-state index in [-0.39, 0.29) is 30.3 Å². The summed E-state index contributed by atoms with van der Waals surface area (Å²) in [5, 5.41) is 4.55. The first-order valence-electron chi connectivity index (χ1n) is 9.85. The highest BCUT2D eigenvalue weighted by atomic mass is 32.1. The van der Waals surface area contributed by atoms with Crippen molar-refractivity contribution in [2.75, 3.05) is 32.7 Å². The molecule has 1 fully saturated rings. The minimum absolute atomic E-state index is 0.0129. The Bertz CT molecular complexity index is 1090. The molecule has 3 heterocycles. The number of piperazine rings is 1. The fourth-order valence-corrected chi connectivity index (χ4v) is 4.22. The Balaban J connectivity index is 1.23. The Kier molecular flexibility index (Phi) is 6.20. The van der Waals surface area contributed by atoms with E-state index in [0.29, 0.717) is 37.7 Å². The molecule has 0 spiro atoms. The monoisotopic (exact) mass is 425 g/mol. The molecular weight excluding hydrogens is 402 g/mol. The molecule has 0 bridgehead atoms. The van der Waals surface area contributed by atoms with Gasteiger partial charge in [-0.3, -0.25) is 23.7 Å². The third kappa shape index (κ3) is 4.92. The summed E-state index contributed by atoms with van der Waals surface area (Å²) in [5.74, 6) is -0.234. The van der Waals surface area contributed by atoms with Crippen LogP contribution in [0.4, 0.5) is 0 Å². The minimum atomic E-state index is -0.158. The van der Waals surface area contributed by atoms with Crippen LogP contribution in [0, 0.1) is 0 Å². The largest absolute Gasteiger partial charge is 0.347 e. The maximum Gasteiger partial charge on any atom is 0.258 e. The number of rotatable bonds is 6. The van der Waals surface area contributed by atoms with Crippen molar-refractivity contribution < 1.29 is 9.59 Å². The van der Waals surface area contributed by atoms with Crippen LogP contribution in [0.15, 0.2) is 52.8 Å². The first-order chi connectivity index (χ1) is 14.6. The van der Waals surface area contributed by atoms with Crippen molar-refractivity contribution in [1.29, 1.82) is 0 Å². The maximum absolute atomic E-state index is 12.4. The molecule has 2 amide bonds. The van der Waals surface area contributed by atoms with Crippen LogP contribution in [-0.2, 0) is 22.6 Å². The highest BCUT2D eigenvalue weighted by molar-refractivity contribution is 7.15. The van der Waals surface area contributed by atoms with Crippen molar-refractivity contribution in [3.8, 4) is 0 Å². The number of amides is 2. The molecule has 0 radical (unpaired) electrons. The van der Waals surface area contributed by atoms with Crippen LogP contribution in [0.2, 0.25) is 0 Å². The molecule has 1 aromatic carbocycles. The Morgan fingerprint density at radius 2 is 1.87 bits per heavy atom. The van der Waals surface area contributed by atoms with Gasteiger partial charge in [0, 0.05) is 50.4 Å². The average Bonchev–Trinajstić information content (AvgIpc) is 3.23. The topological polar surface area (TPSA) is 87.0 Å². The van der Waals surface area contributed by atoms with Gasteiger partial charge in [-0.2, -0.15) is 0 Å². The Labute approximate surface area is 177 Å². The molecular formula is C21H23N5O3S. The third-order valence-electron chi connectivity index (χ3n) is 5.11. The summed E-state index contributed by atoms with van der Waals surface area (Å²) in [4.78, 5) is 45.7. The second-order valence-electron chi connectivity index (χ2n) is 7.24. The molecule has 8 nitrogen and oxygen atoms in total. The summed E-state index contributed by atoms with van der Waals surface area (Å²) < 4.78 is 1.54. The van der Waals surface area contributed by atoms with Crippen molar-refractivity contribution in [2.45, 2.75) is 13.0 Å². The van der Waals surface area contributed by atoms with Gasteiger partial charge < -0.3 is 10.2 Å². The maximum atomic E-state index is 12.4. The van der Waals surface area contributed by atoms with E-state index in [1.165, 1.54) is 15.7 Å². The molecule has 0 saturated carbocycles. The summed E-state index contributed by atoms with van der Waals surface area (Å²) >= 11 is 1.44. The predicted octanol–water partition coefficient (Wildman–Crippen LogP) is 0.759. The molecule has 156 valence electrons. The van der Waals surface area contributed by atoms with Crippen LogP contribution < -0.4 is 10.9 Å². The molecule has 2 aromatic heterocycles. The second kappa shape index (κ2) is 9.19. The minimum Gasteiger partial charge on any atom is -0.347 e.